The molecule has 1 saturated heterocycles. The Morgan fingerprint density at radius 3 is 2.77 bits per heavy atom. The van der Waals surface area contributed by atoms with Crippen molar-refractivity contribution in [2.45, 2.75) is 38.8 Å². The highest BCUT2D eigenvalue weighted by molar-refractivity contribution is 7.19. The Hall–Kier alpha value is -2.02. The van der Waals surface area contributed by atoms with Gasteiger partial charge in [-0.05, 0) is 43.7 Å². The summed E-state index contributed by atoms with van der Waals surface area (Å²) < 4.78 is 0. The molecule has 2 aromatic heterocycles. The topological polar surface area (TPSA) is 75.3 Å². The summed E-state index contributed by atoms with van der Waals surface area (Å²) in [7, 11) is 0. The number of nitrogen functional groups attached to an aromatic ring is 1. The van der Waals surface area contributed by atoms with Gasteiger partial charge in [-0.2, -0.15) is 5.10 Å². The number of aliphatic hydroxyl groups excluding tert-OH is 1. The van der Waals surface area contributed by atoms with Gasteiger partial charge in [0.1, 0.15) is 11.1 Å². The Bertz CT molecular complexity index is 924. The van der Waals surface area contributed by atoms with Crippen LogP contribution in [0.3, 0.4) is 0 Å². The number of nitrogens with zero attached hydrogens (tertiary/aromatic N) is 3. The number of benzene rings is 1. The SMILES string of the molecule is Cc1nnc2sc(C(O)N3CCCC(c4ccccc4)C3)c(N)c2c1C. The highest BCUT2D eigenvalue weighted by Crippen LogP contribution is 2.41. The molecule has 0 saturated carbocycles. The maximum absolute atomic E-state index is 11.1. The predicted molar refractivity (Wildman–Crippen MR) is 106 cm³/mol. The van der Waals surface area contributed by atoms with E-state index in [9.17, 15) is 5.11 Å². The summed E-state index contributed by atoms with van der Waals surface area (Å²) in [5.74, 6) is 0.443. The van der Waals surface area contributed by atoms with E-state index in [1.54, 1.807) is 0 Å². The highest BCUT2D eigenvalue weighted by atomic mass is 32.1. The first-order valence-corrected chi connectivity index (χ1v) is 9.86. The van der Waals surface area contributed by atoms with Crippen molar-refractivity contribution in [3.05, 3.63) is 52.0 Å². The molecule has 136 valence electrons. The summed E-state index contributed by atoms with van der Waals surface area (Å²) in [6.07, 6.45) is 1.53. The fraction of sp³-hybridized carbons (Fsp3) is 0.400. The molecule has 1 aromatic carbocycles. The molecule has 6 heteroatoms. The zero-order valence-electron chi connectivity index (χ0n) is 15.1. The standard InChI is InChI=1S/C20H24N4OS/c1-12-13(2)22-23-19-16(12)17(21)18(26-19)20(25)24-10-6-9-15(11-24)14-7-4-3-5-8-14/h3-5,7-8,15,20,25H,6,9-11,21H2,1-2H3. The molecule has 3 N–H and O–H groups in total. The fourth-order valence-corrected chi connectivity index (χ4v) is 4.96. The molecule has 3 heterocycles. The van der Waals surface area contributed by atoms with E-state index in [0.29, 0.717) is 11.6 Å². The maximum Gasteiger partial charge on any atom is 0.148 e. The number of aliphatic hydroxyl groups is 1. The van der Waals surface area contributed by atoms with Gasteiger partial charge >= 0.3 is 0 Å². The van der Waals surface area contributed by atoms with Gasteiger partial charge in [-0.1, -0.05) is 30.3 Å². The normalized spacial score (nSPS) is 19.7. The predicted octanol–water partition coefficient (Wildman–Crippen LogP) is 3.76. The van der Waals surface area contributed by atoms with Crippen molar-refractivity contribution in [1.82, 2.24) is 15.1 Å². The Morgan fingerprint density at radius 2 is 2.00 bits per heavy atom. The van der Waals surface area contributed by atoms with E-state index in [-0.39, 0.29) is 0 Å². The summed E-state index contributed by atoms with van der Waals surface area (Å²) in [6, 6.07) is 10.6. The number of nitrogens with two attached hydrogens (primary N) is 1. The number of likely N-dealkylation sites (tertiary alicyclic amines) is 1. The number of fused-ring (bicyclic) bond motifs is 1. The van der Waals surface area contributed by atoms with E-state index in [1.807, 2.05) is 19.9 Å². The molecule has 0 spiro atoms. The van der Waals surface area contributed by atoms with Crippen LogP contribution in [0, 0.1) is 13.8 Å². The second kappa shape index (κ2) is 6.95. The molecule has 0 amide bonds. The van der Waals surface area contributed by atoms with Crippen LogP contribution in [0.1, 0.15) is 46.7 Å². The van der Waals surface area contributed by atoms with E-state index < -0.39 is 6.23 Å². The van der Waals surface area contributed by atoms with Crippen molar-refractivity contribution >= 4 is 27.2 Å². The van der Waals surface area contributed by atoms with E-state index in [2.05, 4.69) is 39.4 Å². The Labute approximate surface area is 157 Å². The molecule has 2 atom stereocenters. The Balaban J connectivity index is 1.63. The van der Waals surface area contributed by atoms with Crippen LogP contribution in [-0.4, -0.2) is 33.3 Å². The molecule has 0 aliphatic carbocycles. The van der Waals surface area contributed by atoms with Crippen LogP contribution in [0.25, 0.3) is 10.2 Å². The number of thiophene rings is 1. The number of aromatic nitrogens is 2. The number of rotatable bonds is 3. The molecule has 0 bridgehead atoms. The zero-order chi connectivity index (χ0) is 18.3. The van der Waals surface area contributed by atoms with E-state index in [4.69, 9.17) is 5.73 Å². The lowest BCUT2D eigenvalue weighted by Gasteiger charge is -2.35. The minimum Gasteiger partial charge on any atom is -0.397 e. The minimum atomic E-state index is -0.694. The van der Waals surface area contributed by atoms with Crippen molar-refractivity contribution in [1.29, 1.82) is 0 Å². The second-order valence-electron chi connectivity index (χ2n) is 7.09. The van der Waals surface area contributed by atoms with Gasteiger partial charge < -0.3 is 10.8 Å². The first-order chi connectivity index (χ1) is 12.6. The van der Waals surface area contributed by atoms with E-state index in [1.165, 1.54) is 16.9 Å². The van der Waals surface area contributed by atoms with Crippen LogP contribution in [0.5, 0.6) is 0 Å². The van der Waals surface area contributed by atoms with Gasteiger partial charge in [0, 0.05) is 18.5 Å². The molecule has 1 fully saturated rings. The van der Waals surface area contributed by atoms with Gasteiger partial charge in [-0.25, -0.2) is 0 Å². The number of piperidine rings is 1. The van der Waals surface area contributed by atoms with Gasteiger partial charge in [0.05, 0.1) is 16.3 Å². The minimum absolute atomic E-state index is 0.443. The lowest BCUT2D eigenvalue weighted by atomic mass is 9.90. The highest BCUT2D eigenvalue weighted by Gasteiger charge is 2.29. The first-order valence-electron chi connectivity index (χ1n) is 9.05. The summed E-state index contributed by atoms with van der Waals surface area (Å²) in [6.45, 7) is 5.66. The number of hydrogen-bond donors (Lipinski definition) is 2. The smallest absolute Gasteiger partial charge is 0.148 e. The largest absolute Gasteiger partial charge is 0.397 e. The van der Waals surface area contributed by atoms with Crippen molar-refractivity contribution in [3.8, 4) is 0 Å². The van der Waals surface area contributed by atoms with Crippen molar-refractivity contribution in [2.75, 3.05) is 18.8 Å². The lowest BCUT2D eigenvalue weighted by molar-refractivity contribution is -0.0120. The first kappa shape index (κ1) is 17.4. The summed E-state index contributed by atoms with van der Waals surface area (Å²) in [4.78, 5) is 3.73. The monoisotopic (exact) mass is 368 g/mol. The third-order valence-corrected chi connectivity index (χ3v) is 6.60. The fourth-order valence-electron chi connectivity index (χ4n) is 3.84. The lowest BCUT2D eigenvalue weighted by Crippen LogP contribution is -2.37. The molecule has 26 heavy (non-hydrogen) atoms. The van der Waals surface area contributed by atoms with Gasteiger partial charge in [-0.3, -0.25) is 4.90 Å². The van der Waals surface area contributed by atoms with E-state index in [0.717, 1.165) is 52.3 Å². The third-order valence-electron chi connectivity index (χ3n) is 5.47. The molecule has 1 aliphatic rings. The van der Waals surface area contributed by atoms with Crippen molar-refractivity contribution < 1.29 is 5.11 Å². The van der Waals surface area contributed by atoms with Crippen molar-refractivity contribution in [2.24, 2.45) is 0 Å². The summed E-state index contributed by atoms with van der Waals surface area (Å²) in [5.41, 5.74) is 10.3. The van der Waals surface area contributed by atoms with Crippen LogP contribution in [-0.2, 0) is 0 Å². The van der Waals surface area contributed by atoms with Crippen LogP contribution in [0.2, 0.25) is 0 Å². The Morgan fingerprint density at radius 1 is 1.23 bits per heavy atom. The summed E-state index contributed by atoms with van der Waals surface area (Å²) in [5, 5.41) is 20.5. The maximum atomic E-state index is 11.1. The number of hydrogen-bond acceptors (Lipinski definition) is 6. The van der Waals surface area contributed by atoms with Gasteiger partial charge in [0.15, 0.2) is 0 Å². The summed E-state index contributed by atoms with van der Waals surface area (Å²) >= 11 is 1.46. The molecular weight excluding hydrogens is 344 g/mol. The van der Waals surface area contributed by atoms with E-state index >= 15 is 0 Å². The molecule has 5 nitrogen and oxygen atoms in total. The molecule has 1 aliphatic heterocycles. The molecule has 4 rings (SSSR count). The van der Waals surface area contributed by atoms with Crippen LogP contribution in [0.15, 0.2) is 30.3 Å². The van der Waals surface area contributed by atoms with Crippen LogP contribution in [0.4, 0.5) is 5.69 Å². The van der Waals surface area contributed by atoms with Gasteiger partial charge in [0.25, 0.3) is 0 Å². The van der Waals surface area contributed by atoms with Crippen LogP contribution < -0.4 is 5.73 Å². The quantitative estimate of drug-likeness (QED) is 0.736. The Kier molecular flexibility index (Phi) is 4.65. The third kappa shape index (κ3) is 2.98. The second-order valence-corrected chi connectivity index (χ2v) is 8.12. The average Bonchev–Trinajstić information content (AvgIpc) is 3.02. The van der Waals surface area contributed by atoms with Gasteiger partial charge in [0.2, 0.25) is 0 Å². The number of aryl methyl sites for hydroxylation is 2. The zero-order valence-corrected chi connectivity index (χ0v) is 16.0. The molecular formula is C20H24N4OS. The average molecular weight is 369 g/mol. The molecule has 3 aromatic rings. The molecule has 2 unspecified atom stereocenters. The molecule has 0 radical (unpaired) electrons. The van der Waals surface area contributed by atoms with Gasteiger partial charge in [-0.15, -0.1) is 16.4 Å². The number of anilines is 1. The van der Waals surface area contributed by atoms with Crippen molar-refractivity contribution in [3.63, 3.8) is 0 Å². The van der Waals surface area contributed by atoms with Crippen LogP contribution >= 0.6 is 11.3 Å².